The summed E-state index contributed by atoms with van der Waals surface area (Å²) in [5.41, 5.74) is 8.46. The fraction of sp³-hybridized carbons (Fsp3) is 0.250. The first-order chi connectivity index (χ1) is 7.59. The van der Waals surface area contributed by atoms with E-state index in [1.807, 2.05) is 16.8 Å². The maximum atomic E-state index is 6.16. The minimum atomic E-state index is 0.389. The predicted molar refractivity (Wildman–Crippen MR) is 67.1 cm³/mol. The molecule has 0 aliphatic carbocycles. The van der Waals surface area contributed by atoms with Crippen molar-refractivity contribution in [1.82, 2.24) is 9.55 Å². The van der Waals surface area contributed by atoms with E-state index in [1.54, 1.807) is 18.5 Å². The number of benzene rings is 1. The molecule has 0 fully saturated rings. The van der Waals surface area contributed by atoms with Gasteiger partial charge in [-0.3, -0.25) is 0 Å². The highest BCUT2D eigenvalue weighted by Gasteiger charge is 2.10. The van der Waals surface area contributed by atoms with Gasteiger partial charge in [0.05, 0.1) is 17.0 Å². The lowest BCUT2D eigenvalue weighted by Gasteiger charge is -2.12. The van der Waals surface area contributed by atoms with Gasteiger partial charge in [-0.25, -0.2) is 4.98 Å². The first-order valence-corrected chi connectivity index (χ1v) is 5.55. The molecule has 1 aromatic carbocycles. The van der Waals surface area contributed by atoms with Gasteiger partial charge in [-0.2, -0.15) is 0 Å². The smallest absolute Gasteiger partial charge is 0.0994 e. The Morgan fingerprint density at radius 2 is 2.12 bits per heavy atom. The van der Waals surface area contributed by atoms with E-state index in [1.165, 1.54) is 0 Å². The van der Waals surface area contributed by atoms with Crippen LogP contribution in [0.15, 0.2) is 30.7 Å². The average molecular weight is 236 g/mol. The fourth-order valence-corrected chi connectivity index (χ4v) is 1.86. The van der Waals surface area contributed by atoms with Crippen molar-refractivity contribution in [2.45, 2.75) is 19.8 Å². The van der Waals surface area contributed by atoms with Crippen LogP contribution in [0.4, 0.5) is 5.69 Å². The number of hydrogen-bond donors (Lipinski definition) is 1. The van der Waals surface area contributed by atoms with Gasteiger partial charge in [0.25, 0.3) is 0 Å². The van der Waals surface area contributed by atoms with Crippen LogP contribution in [0.3, 0.4) is 0 Å². The van der Waals surface area contributed by atoms with Gasteiger partial charge in [0, 0.05) is 17.6 Å². The lowest BCUT2D eigenvalue weighted by Crippen LogP contribution is -2.02. The highest BCUT2D eigenvalue weighted by atomic mass is 35.5. The van der Waals surface area contributed by atoms with Crippen LogP contribution in [-0.2, 0) is 0 Å². The standard InChI is InChI=1S/C12H14ClN3/c1-8(2)12-6-15-7-16(12)11-5-9(14)3-4-10(11)13/h3-8H,14H2,1-2H3. The zero-order chi connectivity index (χ0) is 11.7. The molecule has 2 rings (SSSR count). The number of anilines is 1. The summed E-state index contributed by atoms with van der Waals surface area (Å²) >= 11 is 6.16. The topological polar surface area (TPSA) is 43.8 Å². The van der Waals surface area contributed by atoms with E-state index in [0.29, 0.717) is 16.6 Å². The molecular weight excluding hydrogens is 222 g/mol. The number of rotatable bonds is 2. The summed E-state index contributed by atoms with van der Waals surface area (Å²) in [6.45, 7) is 4.24. The molecule has 0 bridgehead atoms. The normalized spacial score (nSPS) is 11.0. The molecule has 0 saturated carbocycles. The lowest BCUT2D eigenvalue weighted by atomic mass is 10.1. The molecule has 0 aliphatic heterocycles. The van der Waals surface area contributed by atoms with Crippen molar-refractivity contribution in [3.05, 3.63) is 41.4 Å². The van der Waals surface area contributed by atoms with Crippen molar-refractivity contribution in [3.63, 3.8) is 0 Å². The summed E-state index contributed by atoms with van der Waals surface area (Å²) in [6.07, 6.45) is 3.61. The highest BCUT2D eigenvalue weighted by Crippen LogP contribution is 2.26. The minimum Gasteiger partial charge on any atom is -0.399 e. The van der Waals surface area contributed by atoms with Crippen LogP contribution in [-0.4, -0.2) is 9.55 Å². The van der Waals surface area contributed by atoms with Crippen LogP contribution in [0.2, 0.25) is 5.02 Å². The molecule has 0 saturated heterocycles. The summed E-state index contributed by atoms with van der Waals surface area (Å²) in [6, 6.07) is 5.45. The summed E-state index contributed by atoms with van der Waals surface area (Å²) in [5, 5.41) is 0.675. The largest absolute Gasteiger partial charge is 0.399 e. The molecule has 2 aromatic rings. The Kier molecular flexibility index (Phi) is 2.88. The van der Waals surface area contributed by atoms with Crippen LogP contribution < -0.4 is 5.73 Å². The van der Waals surface area contributed by atoms with Crippen LogP contribution in [0.5, 0.6) is 0 Å². The molecular formula is C12H14ClN3. The quantitative estimate of drug-likeness (QED) is 0.813. The van der Waals surface area contributed by atoms with Crippen LogP contribution in [0.25, 0.3) is 5.69 Å². The van der Waals surface area contributed by atoms with E-state index in [4.69, 9.17) is 17.3 Å². The summed E-state index contributed by atoms with van der Waals surface area (Å²) in [7, 11) is 0. The van der Waals surface area contributed by atoms with E-state index in [-0.39, 0.29) is 0 Å². The van der Waals surface area contributed by atoms with Gasteiger partial charge < -0.3 is 10.3 Å². The van der Waals surface area contributed by atoms with Crippen molar-refractivity contribution in [1.29, 1.82) is 0 Å². The third-order valence-electron chi connectivity index (χ3n) is 2.49. The van der Waals surface area contributed by atoms with Gasteiger partial charge in [0.2, 0.25) is 0 Å². The van der Waals surface area contributed by atoms with Gasteiger partial charge in [0.1, 0.15) is 0 Å². The van der Waals surface area contributed by atoms with Crippen LogP contribution in [0.1, 0.15) is 25.5 Å². The summed E-state index contributed by atoms with van der Waals surface area (Å²) in [4.78, 5) is 4.15. The van der Waals surface area contributed by atoms with Gasteiger partial charge >= 0.3 is 0 Å². The molecule has 0 spiro atoms. The molecule has 16 heavy (non-hydrogen) atoms. The Labute approximate surface area is 99.9 Å². The van der Waals surface area contributed by atoms with Crippen molar-refractivity contribution in [3.8, 4) is 5.69 Å². The number of halogens is 1. The van der Waals surface area contributed by atoms with Crippen molar-refractivity contribution >= 4 is 17.3 Å². The monoisotopic (exact) mass is 235 g/mol. The maximum Gasteiger partial charge on any atom is 0.0994 e. The Bertz CT molecular complexity index is 503. The third-order valence-corrected chi connectivity index (χ3v) is 2.81. The summed E-state index contributed by atoms with van der Waals surface area (Å²) < 4.78 is 1.98. The van der Waals surface area contributed by atoms with Gasteiger partial charge in [-0.1, -0.05) is 25.4 Å². The Balaban J connectivity index is 2.58. The third kappa shape index (κ3) is 1.91. The van der Waals surface area contributed by atoms with E-state index in [9.17, 15) is 0 Å². The number of nitrogens with zero attached hydrogens (tertiary/aromatic N) is 2. The molecule has 0 radical (unpaired) electrons. The fourth-order valence-electron chi connectivity index (χ4n) is 1.65. The molecule has 0 unspecified atom stereocenters. The zero-order valence-corrected chi connectivity index (χ0v) is 10.1. The van der Waals surface area contributed by atoms with Crippen LogP contribution >= 0.6 is 11.6 Å². The second kappa shape index (κ2) is 4.18. The molecule has 0 atom stereocenters. The molecule has 2 N–H and O–H groups in total. The summed E-state index contributed by atoms with van der Waals surface area (Å²) in [5.74, 6) is 0.389. The number of hydrogen-bond acceptors (Lipinski definition) is 2. The molecule has 84 valence electrons. The van der Waals surface area contributed by atoms with E-state index in [0.717, 1.165) is 11.4 Å². The molecule has 3 nitrogen and oxygen atoms in total. The number of imidazole rings is 1. The first kappa shape index (κ1) is 11.0. The zero-order valence-electron chi connectivity index (χ0n) is 9.31. The highest BCUT2D eigenvalue weighted by molar-refractivity contribution is 6.32. The first-order valence-electron chi connectivity index (χ1n) is 5.17. The van der Waals surface area contributed by atoms with Gasteiger partial charge in [0.15, 0.2) is 0 Å². The van der Waals surface area contributed by atoms with Crippen molar-refractivity contribution < 1.29 is 0 Å². The second-order valence-corrected chi connectivity index (χ2v) is 4.46. The average Bonchev–Trinajstić information content (AvgIpc) is 2.70. The minimum absolute atomic E-state index is 0.389. The molecule has 0 aliphatic rings. The van der Waals surface area contributed by atoms with E-state index >= 15 is 0 Å². The van der Waals surface area contributed by atoms with Crippen molar-refractivity contribution in [2.75, 3.05) is 5.73 Å². The van der Waals surface area contributed by atoms with E-state index < -0.39 is 0 Å². The second-order valence-electron chi connectivity index (χ2n) is 4.05. The van der Waals surface area contributed by atoms with Crippen molar-refractivity contribution in [2.24, 2.45) is 0 Å². The molecule has 4 heteroatoms. The van der Waals surface area contributed by atoms with Gasteiger partial charge in [-0.15, -0.1) is 0 Å². The molecule has 0 amide bonds. The number of nitrogens with two attached hydrogens (primary N) is 1. The Morgan fingerprint density at radius 3 is 2.81 bits per heavy atom. The molecule has 1 aromatic heterocycles. The van der Waals surface area contributed by atoms with Crippen LogP contribution in [0, 0.1) is 0 Å². The Morgan fingerprint density at radius 1 is 1.38 bits per heavy atom. The molecule has 1 heterocycles. The lowest BCUT2D eigenvalue weighted by molar-refractivity contribution is 0.787. The Hall–Kier alpha value is -1.48. The number of aromatic nitrogens is 2. The van der Waals surface area contributed by atoms with Gasteiger partial charge in [-0.05, 0) is 24.1 Å². The maximum absolute atomic E-state index is 6.16. The number of nitrogen functional groups attached to an aromatic ring is 1. The predicted octanol–water partition coefficient (Wildman–Crippen LogP) is 3.23. The van der Waals surface area contributed by atoms with E-state index in [2.05, 4.69) is 18.8 Å². The SMILES string of the molecule is CC(C)c1cncn1-c1cc(N)ccc1Cl.